The highest BCUT2D eigenvalue weighted by molar-refractivity contribution is 5.26. The lowest BCUT2D eigenvalue weighted by Gasteiger charge is -2.27. The Hall–Kier alpha value is -1.06. The van der Waals surface area contributed by atoms with E-state index in [0.29, 0.717) is 17.3 Å². The molecule has 1 saturated carbocycles. The SMILES string of the molecule is CC.CC(C)N(C)CC1(NCc2ccc(O)cc2)CC1. The molecule has 0 amide bonds. The highest BCUT2D eigenvalue weighted by Crippen LogP contribution is 2.36. The van der Waals surface area contributed by atoms with E-state index in [1.165, 1.54) is 18.4 Å². The maximum absolute atomic E-state index is 9.25. The number of nitrogens with one attached hydrogen (secondary N) is 1. The minimum atomic E-state index is 0.316. The van der Waals surface area contributed by atoms with E-state index in [1.807, 2.05) is 26.0 Å². The molecule has 114 valence electrons. The first-order valence-electron chi connectivity index (χ1n) is 7.74. The van der Waals surface area contributed by atoms with Gasteiger partial charge in [0.25, 0.3) is 0 Å². The van der Waals surface area contributed by atoms with Crippen molar-refractivity contribution in [3.8, 4) is 5.75 Å². The molecule has 1 aliphatic rings. The van der Waals surface area contributed by atoms with E-state index in [1.54, 1.807) is 12.1 Å². The Morgan fingerprint density at radius 2 is 1.75 bits per heavy atom. The molecule has 0 saturated heterocycles. The summed E-state index contributed by atoms with van der Waals surface area (Å²) in [4.78, 5) is 2.40. The standard InChI is InChI=1S/C15H24N2O.C2H6/c1-12(2)17(3)11-15(8-9-15)16-10-13-4-6-14(18)7-5-13;1-2/h4-7,12,16,18H,8-11H2,1-3H3;1-2H3. The Bertz CT molecular complexity index is 382. The molecular formula is C17H30N2O. The summed E-state index contributed by atoms with van der Waals surface area (Å²) >= 11 is 0. The summed E-state index contributed by atoms with van der Waals surface area (Å²) in [5.74, 6) is 0.333. The third-order valence-corrected chi connectivity index (χ3v) is 3.89. The number of nitrogens with zero attached hydrogens (tertiary/aromatic N) is 1. The van der Waals surface area contributed by atoms with Crippen LogP contribution in [0.5, 0.6) is 5.75 Å². The number of phenols is 1. The van der Waals surface area contributed by atoms with Gasteiger partial charge in [-0.1, -0.05) is 26.0 Å². The van der Waals surface area contributed by atoms with Gasteiger partial charge in [-0.25, -0.2) is 0 Å². The van der Waals surface area contributed by atoms with Crippen molar-refractivity contribution in [2.45, 2.75) is 58.7 Å². The zero-order valence-corrected chi connectivity index (χ0v) is 13.6. The Kier molecular flexibility index (Phi) is 6.50. The maximum atomic E-state index is 9.25. The normalized spacial score (nSPS) is 15.9. The predicted octanol–water partition coefficient (Wildman–Crippen LogP) is 3.38. The van der Waals surface area contributed by atoms with E-state index in [4.69, 9.17) is 0 Å². The molecule has 1 fully saturated rings. The molecule has 0 heterocycles. The van der Waals surface area contributed by atoms with Crippen molar-refractivity contribution in [3.05, 3.63) is 29.8 Å². The number of hydrogen-bond acceptors (Lipinski definition) is 3. The molecule has 0 radical (unpaired) electrons. The fourth-order valence-corrected chi connectivity index (χ4v) is 2.11. The van der Waals surface area contributed by atoms with Crippen molar-refractivity contribution < 1.29 is 5.11 Å². The van der Waals surface area contributed by atoms with Gasteiger partial charge in [0, 0.05) is 24.7 Å². The van der Waals surface area contributed by atoms with Crippen molar-refractivity contribution in [2.24, 2.45) is 0 Å². The number of benzene rings is 1. The van der Waals surface area contributed by atoms with Crippen LogP contribution in [0.4, 0.5) is 0 Å². The highest BCUT2D eigenvalue weighted by Gasteiger charge is 2.42. The summed E-state index contributed by atoms with van der Waals surface area (Å²) in [5.41, 5.74) is 1.54. The third-order valence-electron chi connectivity index (χ3n) is 3.89. The molecule has 2 N–H and O–H groups in total. The van der Waals surface area contributed by atoms with E-state index in [9.17, 15) is 5.11 Å². The van der Waals surface area contributed by atoms with Gasteiger partial charge in [0.05, 0.1) is 0 Å². The second kappa shape index (κ2) is 7.65. The second-order valence-corrected chi connectivity index (χ2v) is 5.81. The van der Waals surface area contributed by atoms with Crippen LogP contribution < -0.4 is 5.32 Å². The minimum Gasteiger partial charge on any atom is -0.508 e. The van der Waals surface area contributed by atoms with E-state index in [0.717, 1.165) is 13.1 Å². The van der Waals surface area contributed by atoms with E-state index in [-0.39, 0.29) is 0 Å². The first kappa shape index (κ1) is 17.0. The van der Waals surface area contributed by atoms with Crippen LogP contribution in [0.1, 0.15) is 46.1 Å². The van der Waals surface area contributed by atoms with Gasteiger partial charge in [-0.2, -0.15) is 0 Å². The smallest absolute Gasteiger partial charge is 0.115 e. The molecule has 3 heteroatoms. The van der Waals surface area contributed by atoms with Crippen LogP contribution in [-0.4, -0.2) is 35.2 Å². The number of aromatic hydroxyl groups is 1. The molecule has 0 unspecified atom stereocenters. The quantitative estimate of drug-likeness (QED) is 0.837. The molecule has 3 nitrogen and oxygen atoms in total. The average molecular weight is 278 g/mol. The fourth-order valence-electron chi connectivity index (χ4n) is 2.11. The van der Waals surface area contributed by atoms with Crippen molar-refractivity contribution >= 4 is 0 Å². The minimum absolute atomic E-state index is 0.316. The van der Waals surface area contributed by atoms with Gasteiger partial charge in [0.2, 0.25) is 0 Å². The summed E-state index contributed by atoms with van der Waals surface area (Å²) in [6.45, 7) is 10.5. The molecule has 1 aromatic rings. The number of likely N-dealkylation sites (N-methyl/N-ethyl adjacent to an activating group) is 1. The first-order valence-corrected chi connectivity index (χ1v) is 7.74. The van der Waals surface area contributed by atoms with Gasteiger partial charge in [-0.15, -0.1) is 0 Å². The van der Waals surface area contributed by atoms with Crippen LogP contribution in [0.25, 0.3) is 0 Å². The lowest BCUT2D eigenvalue weighted by Crippen LogP contribution is -2.43. The Morgan fingerprint density at radius 3 is 2.20 bits per heavy atom. The molecule has 2 rings (SSSR count). The number of hydrogen-bond donors (Lipinski definition) is 2. The molecule has 1 aliphatic carbocycles. The van der Waals surface area contributed by atoms with E-state index in [2.05, 4.69) is 31.1 Å². The summed E-state index contributed by atoms with van der Waals surface area (Å²) in [7, 11) is 2.19. The lowest BCUT2D eigenvalue weighted by molar-refractivity contribution is 0.231. The van der Waals surface area contributed by atoms with E-state index < -0.39 is 0 Å². The lowest BCUT2D eigenvalue weighted by atomic mass is 10.1. The van der Waals surface area contributed by atoms with Crippen molar-refractivity contribution in [3.63, 3.8) is 0 Å². The van der Waals surface area contributed by atoms with E-state index >= 15 is 0 Å². The van der Waals surface area contributed by atoms with Crippen LogP contribution in [0.2, 0.25) is 0 Å². The van der Waals surface area contributed by atoms with Gasteiger partial charge < -0.3 is 15.3 Å². The summed E-state index contributed by atoms with van der Waals surface area (Å²) in [5, 5.41) is 12.9. The van der Waals surface area contributed by atoms with Crippen LogP contribution in [0.3, 0.4) is 0 Å². The van der Waals surface area contributed by atoms with Crippen LogP contribution in [0, 0.1) is 0 Å². The summed E-state index contributed by atoms with van der Waals surface area (Å²) in [6, 6.07) is 8.04. The zero-order chi connectivity index (χ0) is 15.2. The van der Waals surface area contributed by atoms with Crippen LogP contribution >= 0.6 is 0 Å². The topological polar surface area (TPSA) is 35.5 Å². The van der Waals surface area contributed by atoms with Crippen LogP contribution in [0.15, 0.2) is 24.3 Å². The number of phenolic OH excluding ortho intramolecular Hbond substituents is 1. The monoisotopic (exact) mass is 278 g/mol. The maximum Gasteiger partial charge on any atom is 0.115 e. The number of rotatable bonds is 6. The zero-order valence-electron chi connectivity index (χ0n) is 13.6. The molecule has 0 atom stereocenters. The third kappa shape index (κ3) is 5.14. The largest absolute Gasteiger partial charge is 0.508 e. The summed E-state index contributed by atoms with van der Waals surface area (Å²) in [6.07, 6.45) is 2.53. The van der Waals surface area contributed by atoms with Gasteiger partial charge in [0.15, 0.2) is 0 Å². The highest BCUT2D eigenvalue weighted by atomic mass is 16.3. The molecule has 0 spiro atoms. The van der Waals surface area contributed by atoms with Crippen LogP contribution in [-0.2, 0) is 6.54 Å². The van der Waals surface area contributed by atoms with Crippen molar-refractivity contribution in [1.29, 1.82) is 0 Å². The predicted molar refractivity (Wildman–Crippen MR) is 86.0 cm³/mol. The second-order valence-electron chi connectivity index (χ2n) is 5.81. The van der Waals surface area contributed by atoms with Gasteiger partial charge in [0.1, 0.15) is 5.75 Å². The van der Waals surface area contributed by atoms with Gasteiger partial charge >= 0.3 is 0 Å². The van der Waals surface area contributed by atoms with Gasteiger partial charge in [-0.05, 0) is 51.4 Å². The Balaban J connectivity index is 0.000000956. The molecule has 1 aromatic carbocycles. The molecular weight excluding hydrogens is 248 g/mol. The Labute approximate surface area is 124 Å². The molecule has 20 heavy (non-hydrogen) atoms. The van der Waals surface area contributed by atoms with Crippen molar-refractivity contribution in [2.75, 3.05) is 13.6 Å². The average Bonchev–Trinajstić information content (AvgIpc) is 3.20. The first-order chi connectivity index (χ1) is 9.51. The van der Waals surface area contributed by atoms with Gasteiger partial charge in [-0.3, -0.25) is 0 Å². The Morgan fingerprint density at radius 1 is 1.20 bits per heavy atom. The molecule has 0 aliphatic heterocycles. The van der Waals surface area contributed by atoms with Crippen molar-refractivity contribution in [1.82, 2.24) is 10.2 Å². The molecule has 0 bridgehead atoms. The summed E-state index contributed by atoms with van der Waals surface area (Å²) < 4.78 is 0. The molecule has 0 aromatic heterocycles. The fraction of sp³-hybridized carbons (Fsp3) is 0.647.